The van der Waals surface area contributed by atoms with Gasteiger partial charge >= 0.3 is 0 Å². The van der Waals surface area contributed by atoms with E-state index in [2.05, 4.69) is 38.8 Å². The summed E-state index contributed by atoms with van der Waals surface area (Å²) in [5.41, 5.74) is 1.24. The third-order valence-corrected chi connectivity index (χ3v) is 5.27. The Balaban J connectivity index is 2.92. The molecule has 0 aliphatic heterocycles. The third-order valence-electron chi connectivity index (χ3n) is 2.15. The SMILES string of the molecule is COc1ccc(Br)c2sc(Br)c(C)c12. The van der Waals surface area contributed by atoms with E-state index in [9.17, 15) is 0 Å². The van der Waals surface area contributed by atoms with E-state index in [1.807, 2.05) is 12.1 Å². The number of aryl methyl sites for hydroxylation is 1. The van der Waals surface area contributed by atoms with Crippen molar-refractivity contribution in [1.82, 2.24) is 0 Å². The van der Waals surface area contributed by atoms with Gasteiger partial charge in [-0.3, -0.25) is 0 Å². The summed E-state index contributed by atoms with van der Waals surface area (Å²) in [5.74, 6) is 0.933. The molecule has 2 rings (SSSR count). The molecule has 2 aromatic rings. The molecule has 0 aliphatic carbocycles. The first kappa shape index (κ1) is 10.5. The maximum Gasteiger partial charge on any atom is 0.127 e. The molecule has 1 aromatic heterocycles. The molecule has 0 N–H and O–H groups in total. The molecule has 74 valence electrons. The summed E-state index contributed by atoms with van der Waals surface area (Å²) < 4.78 is 8.85. The maximum atomic E-state index is 5.34. The van der Waals surface area contributed by atoms with E-state index in [4.69, 9.17) is 4.74 Å². The first-order chi connectivity index (χ1) is 6.65. The first-order valence-corrected chi connectivity index (χ1v) is 6.46. The fourth-order valence-corrected chi connectivity index (χ4v) is 3.64. The molecule has 0 radical (unpaired) electrons. The van der Waals surface area contributed by atoms with Crippen LogP contribution in [0.3, 0.4) is 0 Å². The molecule has 0 spiro atoms. The van der Waals surface area contributed by atoms with Gasteiger partial charge in [0.15, 0.2) is 0 Å². The lowest BCUT2D eigenvalue weighted by Gasteiger charge is -2.03. The van der Waals surface area contributed by atoms with E-state index in [-0.39, 0.29) is 0 Å². The van der Waals surface area contributed by atoms with E-state index in [0.29, 0.717) is 0 Å². The van der Waals surface area contributed by atoms with Crippen molar-refractivity contribution in [2.45, 2.75) is 6.92 Å². The smallest absolute Gasteiger partial charge is 0.127 e. The van der Waals surface area contributed by atoms with Crippen molar-refractivity contribution in [3.8, 4) is 5.75 Å². The summed E-state index contributed by atoms with van der Waals surface area (Å²) in [4.78, 5) is 0. The van der Waals surface area contributed by atoms with Gasteiger partial charge in [0, 0.05) is 9.86 Å². The summed E-state index contributed by atoms with van der Waals surface area (Å²) in [7, 11) is 1.70. The number of benzene rings is 1. The van der Waals surface area contributed by atoms with Crippen LogP contribution in [0.15, 0.2) is 20.4 Å². The zero-order valence-electron chi connectivity index (χ0n) is 7.73. The van der Waals surface area contributed by atoms with Gasteiger partial charge in [-0.2, -0.15) is 0 Å². The van der Waals surface area contributed by atoms with E-state index in [1.165, 1.54) is 15.6 Å². The summed E-state index contributed by atoms with van der Waals surface area (Å²) in [5, 5.41) is 1.19. The van der Waals surface area contributed by atoms with Crippen LogP contribution in [0.2, 0.25) is 0 Å². The fourth-order valence-electron chi connectivity index (χ4n) is 1.43. The molecule has 1 aromatic carbocycles. The molecule has 0 bridgehead atoms. The molecule has 0 unspecified atom stereocenters. The van der Waals surface area contributed by atoms with Gasteiger partial charge in [-0.05, 0) is 56.5 Å². The number of halogens is 2. The minimum Gasteiger partial charge on any atom is -0.496 e. The van der Waals surface area contributed by atoms with Gasteiger partial charge in [0.1, 0.15) is 5.75 Å². The van der Waals surface area contributed by atoms with Crippen LogP contribution in [0.1, 0.15) is 5.56 Å². The highest BCUT2D eigenvalue weighted by Crippen LogP contribution is 2.43. The Kier molecular flexibility index (Phi) is 2.86. The zero-order valence-corrected chi connectivity index (χ0v) is 11.7. The topological polar surface area (TPSA) is 9.23 Å². The Morgan fingerprint density at radius 3 is 2.64 bits per heavy atom. The molecule has 1 heterocycles. The van der Waals surface area contributed by atoms with E-state index in [0.717, 1.165) is 14.0 Å². The summed E-state index contributed by atoms with van der Waals surface area (Å²) in [6.07, 6.45) is 0. The third kappa shape index (κ3) is 1.49. The van der Waals surface area contributed by atoms with Crippen LogP contribution in [0.25, 0.3) is 10.1 Å². The van der Waals surface area contributed by atoms with Gasteiger partial charge < -0.3 is 4.74 Å². The highest BCUT2D eigenvalue weighted by molar-refractivity contribution is 9.11. The van der Waals surface area contributed by atoms with Crippen molar-refractivity contribution in [3.05, 3.63) is 26.0 Å². The van der Waals surface area contributed by atoms with E-state index >= 15 is 0 Å². The predicted octanol–water partition coefficient (Wildman–Crippen LogP) is 4.74. The van der Waals surface area contributed by atoms with Crippen LogP contribution in [0.5, 0.6) is 5.75 Å². The summed E-state index contributed by atoms with van der Waals surface area (Å²) in [6, 6.07) is 4.00. The lowest BCUT2D eigenvalue weighted by molar-refractivity contribution is 0.419. The maximum absolute atomic E-state index is 5.34. The Labute approximate surface area is 103 Å². The molecule has 0 aliphatic rings. The Bertz CT molecular complexity index is 490. The zero-order chi connectivity index (χ0) is 10.3. The predicted molar refractivity (Wildman–Crippen MR) is 68.5 cm³/mol. The lowest BCUT2D eigenvalue weighted by atomic mass is 10.2. The molecule has 0 fully saturated rings. The monoisotopic (exact) mass is 334 g/mol. The number of thiophene rings is 1. The van der Waals surface area contributed by atoms with Crippen LogP contribution >= 0.6 is 43.2 Å². The molecule has 0 atom stereocenters. The van der Waals surface area contributed by atoms with Crippen molar-refractivity contribution in [2.75, 3.05) is 7.11 Å². The highest BCUT2D eigenvalue weighted by Gasteiger charge is 2.13. The largest absolute Gasteiger partial charge is 0.496 e. The van der Waals surface area contributed by atoms with Gasteiger partial charge in [0.2, 0.25) is 0 Å². The van der Waals surface area contributed by atoms with Crippen molar-refractivity contribution >= 4 is 53.3 Å². The van der Waals surface area contributed by atoms with Gasteiger partial charge in [-0.25, -0.2) is 0 Å². The molecule has 1 nitrogen and oxygen atoms in total. The second-order valence-electron chi connectivity index (χ2n) is 2.95. The van der Waals surface area contributed by atoms with Gasteiger partial charge in [0.25, 0.3) is 0 Å². The fraction of sp³-hybridized carbons (Fsp3) is 0.200. The Morgan fingerprint density at radius 1 is 1.29 bits per heavy atom. The number of ether oxygens (including phenoxy) is 1. The number of hydrogen-bond acceptors (Lipinski definition) is 2. The number of hydrogen-bond donors (Lipinski definition) is 0. The molecule has 4 heteroatoms. The van der Waals surface area contributed by atoms with Crippen molar-refractivity contribution < 1.29 is 4.74 Å². The molecule has 0 amide bonds. The minimum absolute atomic E-state index is 0.933. The normalized spacial score (nSPS) is 10.9. The number of fused-ring (bicyclic) bond motifs is 1. The van der Waals surface area contributed by atoms with Crippen LogP contribution in [-0.2, 0) is 0 Å². The van der Waals surface area contributed by atoms with E-state index in [1.54, 1.807) is 18.4 Å². The quantitative estimate of drug-likeness (QED) is 0.731. The summed E-state index contributed by atoms with van der Waals surface area (Å²) in [6.45, 7) is 2.10. The number of rotatable bonds is 1. The average Bonchev–Trinajstić information content (AvgIpc) is 2.47. The van der Waals surface area contributed by atoms with Crippen molar-refractivity contribution in [3.63, 3.8) is 0 Å². The molecule has 0 saturated heterocycles. The number of methoxy groups -OCH3 is 1. The Hall–Kier alpha value is -0.0600. The van der Waals surface area contributed by atoms with Crippen molar-refractivity contribution in [1.29, 1.82) is 0 Å². The second-order valence-corrected chi connectivity index (χ2v) is 6.15. The summed E-state index contributed by atoms with van der Waals surface area (Å²) >= 11 is 8.81. The van der Waals surface area contributed by atoms with Gasteiger partial charge in [0.05, 0.1) is 15.6 Å². The molecule has 14 heavy (non-hydrogen) atoms. The standard InChI is InChI=1S/C10H8Br2OS/c1-5-8-7(13-2)4-3-6(11)9(8)14-10(5)12/h3-4H,1-2H3. The van der Waals surface area contributed by atoms with Crippen LogP contribution in [-0.4, -0.2) is 7.11 Å². The molecule has 0 saturated carbocycles. The second kappa shape index (κ2) is 3.83. The highest BCUT2D eigenvalue weighted by atomic mass is 79.9. The molecular formula is C10H8Br2OS. The van der Waals surface area contributed by atoms with Crippen LogP contribution < -0.4 is 4.74 Å². The van der Waals surface area contributed by atoms with Crippen LogP contribution in [0, 0.1) is 6.92 Å². The molecular weight excluding hydrogens is 328 g/mol. The average molecular weight is 336 g/mol. The van der Waals surface area contributed by atoms with Crippen molar-refractivity contribution in [2.24, 2.45) is 0 Å². The van der Waals surface area contributed by atoms with E-state index < -0.39 is 0 Å². The lowest BCUT2D eigenvalue weighted by Crippen LogP contribution is -1.84. The van der Waals surface area contributed by atoms with Gasteiger partial charge in [-0.15, -0.1) is 11.3 Å². The van der Waals surface area contributed by atoms with Crippen LogP contribution in [0.4, 0.5) is 0 Å². The van der Waals surface area contributed by atoms with Gasteiger partial charge in [-0.1, -0.05) is 0 Å². The minimum atomic E-state index is 0.933. The first-order valence-electron chi connectivity index (χ1n) is 4.06. The Morgan fingerprint density at radius 2 is 2.00 bits per heavy atom.